The molecule has 0 amide bonds. The van der Waals surface area contributed by atoms with Gasteiger partial charge in [-0.15, -0.1) is 0 Å². The lowest BCUT2D eigenvalue weighted by Crippen LogP contribution is -2.34. The van der Waals surface area contributed by atoms with Crippen LogP contribution in [0, 0.1) is 0 Å². The number of methoxy groups -OCH3 is 2. The summed E-state index contributed by atoms with van der Waals surface area (Å²) in [5.41, 5.74) is 2.55. The molecule has 2 aromatic carbocycles. The smallest absolute Gasteiger partial charge is 0.123 e. The zero-order valence-electron chi connectivity index (χ0n) is 15.4. The van der Waals surface area contributed by atoms with Gasteiger partial charge in [0.1, 0.15) is 11.5 Å². The monoisotopic (exact) mass is 337 g/mol. The highest BCUT2D eigenvalue weighted by atomic mass is 16.5. The van der Waals surface area contributed by atoms with Crippen molar-refractivity contribution in [1.29, 1.82) is 0 Å². The van der Waals surface area contributed by atoms with E-state index in [0.717, 1.165) is 37.3 Å². The number of ether oxygens (including phenoxy) is 2. The van der Waals surface area contributed by atoms with E-state index in [0.29, 0.717) is 0 Å². The number of aryl methyl sites for hydroxylation is 1. The van der Waals surface area contributed by atoms with Gasteiger partial charge in [-0.2, -0.15) is 0 Å². The maximum atomic E-state index is 5.70. The molecule has 0 aliphatic carbocycles. The maximum Gasteiger partial charge on any atom is 0.123 e. The molecule has 0 bridgehead atoms. The molecule has 1 aliphatic rings. The van der Waals surface area contributed by atoms with Gasteiger partial charge in [0.15, 0.2) is 0 Å². The average Bonchev–Trinajstić information content (AvgIpc) is 2.68. The van der Waals surface area contributed by atoms with E-state index in [1.807, 2.05) is 12.1 Å². The van der Waals surface area contributed by atoms with Gasteiger partial charge < -0.3 is 14.4 Å². The van der Waals surface area contributed by atoms with Crippen LogP contribution < -0.4 is 9.47 Å². The summed E-state index contributed by atoms with van der Waals surface area (Å²) >= 11 is 0. The fraction of sp³-hybridized carbons (Fsp3) is 0.364. The minimum Gasteiger partial charge on any atom is -0.497 e. The Kier molecular flexibility index (Phi) is 5.32. The predicted molar refractivity (Wildman–Crippen MR) is 102 cm³/mol. The summed E-state index contributed by atoms with van der Waals surface area (Å²) in [5, 5.41) is 0. The van der Waals surface area contributed by atoms with Crippen LogP contribution in [0.15, 0.2) is 60.8 Å². The first-order valence-corrected chi connectivity index (χ1v) is 8.83. The Labute approximate surface area is 150 Å². The van der Waals surface area contributed by atoms with Gasteiger partial charge in [-0.1, -0.05) is 36.4 Å². The highest BCUT2D eigenvalue weighted by Gasteiger charge is 2.34. The molecule has 0 fully saturated rings. The Balaban J connectivity index is 1.99. The molecule has 1 atom stereocenters. The molecular weight excluding hydrogens is 310 g/mol. The van der Waals surface area contributed by atoms with E-state index < -0.39 is 0 Å². The molecule has 25 heavy (non-hydrogen) atoms. The fourth-order valence-electron chi connectivity index (χ4n) is 3.59. The number of hydrogen-bond acceptors (Lipinski definition) is 3. The summed E-state index contributed by atoms with van der Waals surface area (Å²) in [7, 11) is 5.59. The average molecular weight is 337 g/mol. The molecule has 0 saturated carbocycles. The van der Waals surface area contributed by atoms with E-state index in [1.54, 1.807) is 14.2 Å². The van der Waals surface area contributed by atoms with E-state index >= 15 is 0 Å². The molecule has 1 unspecified atom stereocenters. The normalized spacial score (nSPS) is 19.7. The van der Waals surface area contributed by atoms with Gasteiger partial charge in [0.2, 0.25) is 0 Å². The Morgan fingerprint density at radius 2 is 1.84 bits per heavy atom. The van der Waals surface area contributed by atoms with Crippen LogP contribution in [0.4, 0.5) is 0 Å². The summed E-state index contributed by atoms with van der Waals surface area (Å²) < 4.78 is 11.2. The first-order chi connectivity index (χ1) is 12.2. The van der Waals surface area contributed by atoms with Crippen molar-refractivity contribution < 1.29 is 9.47 Å². The second-order valence-corrected chi connectivity index (χ2v) is 6.75. The molecule has 1 aliphatic heterocycles. The standard InChI is InChI=1S/C22H27NO2/c1-23-15-13-22(14-16-23,12-11-18-7-5-4-6-8-18)20-17-19(24-2)9-10-21(20)25-3/h4-10,13,15,17H,11-12,14,16H2,1-3H3. The molecular formula is C22H27NO2. The summed E-state index contributed by atoms with van der Waals surface area (Å²) in [6, 6.07) is 16.8. The Bertz CT molecular complexity index is 726. The zero-order chi connectivity index (χ0) is 17.7. The highest BCUT2D eigenvalue weighted by molar-refractivity contribution is 5.48. The van der Waals surface area contributed by atoms with Gasteiger partial charge in [-0.3, -0.25) is 0 Å². The first-order valence-electron chi connectivity index (χ1n) is 8.83. The lowest BCUT2D eigenvalue weighted by Gasteiger charge is -2.38. The minimum absolute atomic E-state index is 0.0394. The summed E-state index contributed by atoms with van der Waals surface area (Å²) in [5.74, 6) is 1.81. The third-order valence-electron chi connectivity index (χ3n) is 5.20. The fourth-order valence-corrected chi connectivity index (χ4v) is 3.59. The molecule has 132 valence electrons. The van der Waals surface area contributed by atoms with Crippen molar-refractivity contribution in [2.24, 2.45) is 0 Å². The van der Waals surface area contributed by atoms with E-state index in [4.69, 9.17) is 9.47 Å². The third-order valence-corrected chi connectivity index (χ3v) is 5.20. The number of benzene rings is 2. The van der Waals surface area contributed by atoms with Gasteiger partial charge in [0, 0.05) is 24.6 Å². The lowest BCUT2D eigenvalue weighted by atomic mass is 9.71. The van der Waals surface area contributed by atoms with Crippen LogP contribution in [0.2, 0.25) is 0 Å². The molecule has 0 aromatic heterocycles. The molecule has 0 N–H and O–H groups in total. The Morgan fingerprint density at radius 3 is 2.48 bits per heavy atom. The number of rotatable bonds is 6. The summed E-state index contributed by atoms with van der Waals surface area (Å²) in [6.07, 6.45) is 7.70. The van der Waals surface area contributed by atoms with Crippen molar-refractivity contribution in [3.05, 3.63) is 71.9 Å². The van der Waals surface area contributed by atoms with Crippen LogP contribution in [0.5, 0.6) is 11.5 Å². The second-order valence-electron chi connectivity index (χ2n) is 6.75. The van der Waals surface area contributed by atoms with Crippen LogP contribution in [-0.4, -0.2) is 32.7 Å². The zero-order valence-corrected chi connectivity index (χ0v) is 15.4. The summed E-state index contributed by atoms with van der Waals surface area (Å²) in [4.78, 5) is 2.24. The van der Waals surface area contributed by atoms with Gasteiger partial charge in [0.05, 0.1) is 14.2 Å². The topological polar surface area (TPSA) is 21.7 Å². The molecule has 2 aromatic rings. The molecule has 0 saturated heterocycles. The molecule has 3 nitrogen and oxygen atoms in total. The quantitative estimate of drug-likeness (QED) is 0.779. The molecule has 3 rings (SSSR count). The van der Waals surface area contributed by atoms with Gasteiger partial charge in [-0.25, -0.2) is 0 Å². The van der Waals surface area contributed by atoms with E-state index in [1.165, 1.54) is 11.1 Å². The maximum absolute atomic E-state index is 5.70. The largest absolute Gasteiger partial charge is 0.497 e. The van der Waals surface area contributed by atoms with Crippen molar-refractivity contribution in [3.8, 4) is 11.5 Å². The van der Waals surface area contributed by atoms with E-state index in [9.17, 15) is 0 Å². The van der Waals surface area contributed by atoms with Crippen LogP contribution in [0.3, 0.4) is 0 Å². The highest BCUT2D eigenvalue weighted by Crippen LogP contribution is 2.43. The minimum atomic E-state index is -0.0394. The first kappa shape index (κ1) is 17.4. The number of hydrogen-bond donors (Lipinski definition) is 0. The van der Waals surface area contributed by atoms with Crippen LogP contribution in [0.25, 0.3) is 0 Å². The molecule has 0 spiro atoms. The van der Waals surface area contributed by atoms with Crippen molar-refractivity contribution in [3.63, 3.8) is 0 Å². The van der Waals surface area contributed by atoms with Crippen molar-refractivity contribution in [1.82, 2.24) is 4.90 Å². The van der Waals surface area contributed by atoms with E-state index in [2.05, 4.69) is 60.6 Å². The van der Waals surface area contributed by atoms with Crippen LogP contribution in [0.1, 0.15) is 24.0 Å². The third kappa shape index (κ3) is 3.81. The second kappa shape index (κ2) is 7.64. The van der Waals surface area contributed by atoms with Crippen LogP contribution >= 0.6 is 0 Å². The molecule has 1 heterocycles. The SMILES string of the molecule is COc1ccc(OC)c(C2(CCc3ccccc3)C=CN(C)CC2)c1. The van der Waals surface area contributed by atoms with Crippen molar-refractivity contribution in [2.45, 2.75) is 24.7 Å². The molecule has 3 heteroatoms. The Hall–Kier alpha value is -2.42. The van der Waals surface area contributed by atoms with Crippen molar-refractivity contribution >= 4 is 0 Å². The Morgan fingerprint density at radius 1 is 1.04 bits per heavy atom. The van der Waals surface area contributed by atoms with Crippen LogP contribution in [-0.2, 0) is 11.8 Å². The van der Waals surface area contributed by atoms with E-state index in [-0.39, 0.29) is 5.41 Å². The number of allylic oxidation sites excluding steroid dienone is 1. The van der Waals surface area contributed by atoms with Gasteiger partial charge in [-0.05, 0) is 49.2 Å². The summed E-state index contributed by atoms with van der Waals surface area (Å²) in [6.45, 7) is 1.03. The number of nitrogens with zero attached hydrogens (tertiary/aromatic N) is 1. The van der Waals surface area contributed by atoms with Gasteiger partial charge >= 0.3 is 0 Å². The predicted octanol–water partition coefficient (Wildman–Crippen LogP) is 4.42. The van der Waals surface area contributed by atoms with Gasteiger partial charge in [0.25, 0.3) is 0 Å². The van der Waals surface area contributed by atoms with Crippen molar-refractivity contribution in [2.75, 3.05) is 27.8 Å². The lowest BCUT2D eigenvalue weighted by molar-refractivity contribution is 0.315. The molecule has 0 radical (unpaired) electrons.